The van der Waals surface area contributed by atoms with Crippen LogP contribution in [-0.4, -0.2) is 34.8 Å². The van der Waals surface area contributed by atoms with Crippen LogP contribution in [-0.2, 0) is 9.53 Å². The SMILES string of the molecule is CCO[C@@H]1[C@H](C)CS[C@H]2CC(=O)N21. The van der Waals surface area contributed by atoms with Crippen molar-refractivity contribution in [3.05, 3.63) is 0 Å². The number of nitrogens with zero attached hydrogens (tertiary/aromatic N) is 1. The number of thioether (sulfide) groups is 1. The Hall–Kier alpha value is -0.220. The van der Waals surface area contributed by atoms with Crippen LogP contribution in [0.5, 0.6) is 0 Å². The Kier molecular flexibility index (Phi) is 2.51. The minimum atomic E-state index is 0.0394. The van der Waals surface area contributed by atoms with Gasteiger partial charge in [-0.3, -0.25) is 4.79 Å². The van der Waals surface area contributed by atoms with E-state index in [1.165, 1.54) is 0 Å². The molecule has 0 aromatic heterocycles. The number of carbonyl (C=O) groups excluding carboxylic acids is 1. The van der Waals surface area contributed by atoms with Gasteiger partial charge in [0.25, 0.3) is 0 Å². The Bertz CT molecular complexity index is 222. The lowest BCUT2D eigenvalue weighted by atomic mass is 10.1. The number of fused-ring (bicyclic) bond motifs is 1. The van der Waals surface area contributed by atoms with E-state index >= 15 is 0 Å². The number of amides is 1. The molecule has 2 saturated heterocycles. The smallest absolute Gasteiger partial charge is 0.228 e. The topological polar surface area (TPSA) is 29.5 Å². The van der Waals surface area contributed by atoms with E-state index in [2.05, 4.69) is 6.92 Å². The summed E-state index contributed by atoms with van der Waals surface area (Å²) in [5.74, 6) is 1.83. The van der Waals surface area contributed by atoms with Gasteiger partial charge in [-0.25, -0.2) is 0 Å². The number of hydrogen-bond donors (Lipinski definition) is 0. The molecule has 13 heavy (non-hydrogen) atoms. The summed E-state index contributed by atoms with van der Waals surface area (Å²) in [5.41, 5.74) is 0. The molecular weight excluding hydrogens is 186 g/mol. The van der Waals surface area contributed by atoms with Gasteiger partial charge in [-0.1, -0.05) is 6.92 Å². The maximum Gasteiger partial charge on any atom is 0.228 e. The number of β-lactam (4-membered cyclic amide) rings is 1. The van der Waals surface area contributed by atoms with Crippen LogP contribution in [0.2, 0.25) is 0 Å². The molecule has 0 N–H and O–H groups in total. The molecule has 2 heterocycles. The quantitative estimate of drug-likeness (QED) is 0.630. The van der Waals surface area contributed by atoms with E-state index in [9.17, 15) is 4.79 Å². The van der Waals surface area contributed by atoms with Gasteiger partial charge in [0.1, 0.15) is 6.23 Å². The van der Waals surface area contributed by atoms with Gasteiger partial charge in [-0.15, -0.1) is 11.8 Å². The molecule has 0 radical (unpaired) electrons. The van der Waals surface area contributed by atoms with E-state index in [0.29, 0.717) is 24.3 Å². The predicted molar refractivity (Wildman–Crippen MR) is 52.3 cm³/mol. The molecule has 2 aliphatic rings. The maximum atomic E-state index is 11.3. The van der Waals surface area contributed by atoms with Crippen LogP contribution >= 0.6 is 11.8 Å². The third kappa shape index (κ3) is 1.46. The molecule has 2 rings (SSSR count). The van der Waals surface area contributed by atoms with E-state index in [1.54, 1.807) is 0 Å². The summed E-state index contributed by atoms with van der Waals surface area (Å²) in [6.07, 6.45) is 0.749. The third-order valence-corrected chi connectivity index (χ3v) is 4.09. The van der Waals surface area contributed by atoms with Crippen molar-refractivity contribution in [1.82, 2.24) is 4.90 Å². The minimum Gasteiger partial charge on any atom is -0.358 e. The molecule has 4 heteroatoms. The van der Waals surface area contributed by atoms with E-state index < -0.39 is 0 Å². The van der Waals surface area contributed by atoms with E-state index in [0.717, 1.165) is 5.75 Å². The van der Waals surface area contributed by atoms with Crippen molar-refractivity contribution < 1.29 is 9.53 Å². The summed E-state index contributed by atoms with van der Waals surface area (Å²) in [5, 5.41) is 0.403. The summed E-state index contributed by atoms with van der Waals surface area (Å²) in [6, 6.07) is 0. The van der Waals surface area contributed by atoms with Gasteiger partial charge in [0, 0.05) is 18.3 Å². The standard InChI is InChI=1S/C9H15NO2S/c1-3-12-9-6(2)5-13-8-4-7(11)10(8)9/h6,8-9H,3-5H2,1-2H3/t6-,8+,9-/m1/s1. The summed E-state index contributed by atoms with van der Waals surface area (Å²) >= 11 is 1.88. The first-order valence-electron chi connectivity index (χ1n) is 4.78. The fourth-order valence-corrected chi connectivity index (χ4v) is 3.23. The fourth-order valence-electron chi connectivity index (χ4n) is 1.88. The van der Waals surface area contributed by atoms with Crippen LogP contribution in [0.3, 0.4) is 0 Å². The van der Waals surface area contributed by atoms with Gasteiger partial charge in [0.2, 0.25) is 5.91 Å². The highest BCUT2D eigenvalue weighted by atomic mass is 32.2. The Morgan fingerprint density at radius 1 is 1.69 bits per heavy atom. The molecule has 0 aliphatic carbocycles. The highest BCUT2D eigenvalue weighted by Gasteiger charge is 2.46. The Morgan fingerprint density at radius 2 is 2.46 bits per heavy atom. The van der Waals surface area contributed by atoms with Crippen LogP contribution < -0.4 is 0 Å². The van der Waals surface area contributed by atoms with Gasteiger partial charge >= 0.3 is 0 Å². The van der Waals surface area contributed by atoms with E-state index in [1.807, 2.05) is 23.6 Å². The molecular formula is C9H15NO2S. The third-order valence-electron chi connectivity index (χ3n) is 2.60. The van der Waals surface area contributed by atoms with Crippen molar-refractivity contribution in [2.45, 2.75) is 31.9 Å². The molecule has 0 unspecified atom stereocenters. The number of hydrogen-bond acceptors (Lipinski definition) is 3. The molecule has 2 aliphatic heterocycles. The molecule has 3 nitrogen and oxygen atoms in total. The molecule has 3 atom stereocenters. The van der Waals surface area contributed by atoms with Crippen LogP contribution in [0.1, 0.15) is 20.3 Å². The lowest BCUT2D eigenvalue weighted by Crippen LogP contribution is -2.61. The lowest BCUT2D eigenvalue weighted by molar-refractivity contribution is -0.169. The Balaban J connectivity index is 2.05. The van der Waals surface area contributed by atoms with Gasteiger partial charge in [0.05, 0.1) is 11.8 Å². The van der Waals surface area contributed by atoms with Crippen molar-refractivity contribution in [2.24, 2.45) is 5.92 Å². The highest BCUT2D eigenvalue weighted by Crippen LogP contribution is 2.40. The number of rotatable bonds is 2. The zero-order chi connectivity index (χ0) is 9.42. The predicted octanol–water partition coefficient (Wildman–Crippen LogP) is 1.29. The number of carbonyl (C=O) groups is 1. The van der Waals surface area contributed by atoms with Gasteiger partial charge < -0.3 is 9.64 Å². The summed E-state index contributed by atoms with van der Waals surface area (Å²) in [7, 11) is 0. The minimum absolute atomic E-state index is 0.0394. The van der Waals surface area contributed by atoms with Crippen molar-refractivity contribution in [2.75, 3.05) is 12.4 Å². The monoisotopic (exact) mass is 201 g/mol. The summed E-state index contributed by atoms with van der Waals surface area (Å²) in [6.45, 7) is 4.82. The summed E-state index contributed by atoms with van der Waals surface area (Å²) < 4.78 is 5.59. The molecule has 1 amide bonds. The molecule has 2 fully saturated rings. The molecule has 0 aromatic rings. The van der Waals surface area contributed by atoms with Crippen LogP contribution in [0.15, 0.2) is 0 Å². The first-order valence-corrected chi connectivity index (χ1v) is 5.83. The zero-order valence-corrected chi connectivity index (χ0v) is 8.84. The van der Waals surface area contributed by atoms with Gasteiger partial charge in [-0.2, -0.15) is 0 Å². The maximum absolute atomic E-state index is 11.3. The second-order valence-corrected chi connectivity index (χ2v) is 4.83. The largest absolute Gasteiger partial charge is 0.358 e. The molecule has 0 spiro atoms. The second kappa shape index (κ2) is 3.50. The lowest BCUT2D eigenvalue weighted by Gasteiger charge is -2.50. The number of ether oxygens (including phenoxy) is 1. The zero-order valence-electron chi connectivity index (χ0n) is 8.03. The van der Waals surface area contributed by atoms with Crippen LogP contribution in [0.25, 0.3) is 0 Å². The highest BCUT2D eigenvalue weighted by molar-refractivity contribution is 8.00. The Labute approximate surface area is 82.8 Å². The van der Waals surface area contributed by atoms with Gasteiger partial charge in [0.15, 0.2) is 0 Å². The Morgan fingerprint density at radius 3 is 3.08 bits per heavy atom. The molecule has 0 aromatic carbocycles. The van der Waals surface area contributed by atoms with Crippen molar-refractivity contribution in [3.8, 4) is 0 Å². The first kappa shape index (κ1) is 9.34. The average molecular weight is 201 g/mol. The molecule has 0 saturated carbocycles. The average Bonchev–Trinajstić information content (AvgIpc) is 2.09. The normalized spacial score (nSPS) is 38.5. The molecule has 0 bridgehead atoms. The van der Waals surface area contributed by atoms with Crippen molar-refractivity contribution >= 4 is 17.7 Å². The van der Waals surface area contributed by atoms with E-state index in [-0.39, 0.29) is 12.1 Å². The molecule has 74 valence electrons. The fraction of sp³-hybridized carbons (Fsp3) is 0.889. The van der Waals surface area contributed by atoms with Gasteiger partial charge in [-0.05, 0) is 6.92 Å². The second-order valence-electron chi connectivity index (χ2n) is 3.62. The van der Waals surface area contributed by atoms with Crippen LogP contribution in [0, 0.1) is 5.92 Å². The van der Waals surface area contributed by atoms with Crippen molar-refractivity contribution in [1.29, 1.82) is 0 Å². The van der Waals surface area contributed by atoms with Crippen LogP contribution in [0.4, 0.5) is 0 Å². The van der Waals surface area contributed by atoms with Crippen molar-refractivity contribution in [3.63, 3.8) is 0 Å². The first-order chi connectivity index (χ1) is 6.24. The van der Waals surface area contributed by atoms with E-state index in [4.69, 9.17) is 4.74 Å². The summed E-state index contributed by atoms with van der Waals surface area (Å²) in [4.78, 5) is 13.2.